The number of rotatable bonds is 5. The predicted molar refractivity (Wildman–Crippen MR) is 106 cm³/mol. The highest BCUT2D eigenvalue weighted by atomic mass is 35.5. The van der Waals surface area contributed by atoms with Crippen molar-refractivity contribution in [3.8, 4) is 11.4 Å². The molecule has 8 heteroatoms. The number of carbonyl (C=O) groups is 1. The van der Waals surface area contributed by atoms with Gasteiger partial charge in [0.1, 0.15) is 5.75 Å². The molecule has 3 aromatic rings. The lowest BCUT2D eigenvalue weighted by Crippen LogP contribution is -2.23. The average Bonchev–Trinajstić information content (AvgIpc) is 2.65. The number of aromatic nitrogens is 2. The minimum absolute atomic E-state index is 0.0170. The van der Waals surface area contributed by atoms with Crippen LogP contribution in [0.5, 0.6) is 5.75 Å². The molecule has 0 aliphatic heterocycles. The molecule has 0 spiro atoms. The quantitative estimate of drug-likeness (QED) is 0.367. The Morgan fingerprint density at radius 2 is 2.00 bits per heavy atom. The lowest BCUT2D eigenvalue weighted by atomic mass is 10.2. The Balaban J connectivity index is 2.30. The molecule has 0 unspecified atom stereocenters. The highest BCUT2D eigenvalue weighted by molar-refractivity contribution is 7.99. The Morgan fingerprint density at radius 1 is 1.22 bits per heavy atom. The van der Waals surface area contributed by atoms with Gasteiger partial charge in [0.2, 0.25) is 0 Å². The highest BCUT2D eigenvalue weighted by Crippen LogP contribution is 2.28. The number of aryl methyl sites for hydroxylation is 1. The molecular formula is C19H17ClN2O4S. The molecule has 1 aromatic heterocycles. The van der Waals surface area contributed by atoms with Gasteiger partial charge in [0.25, 0.3) is 5.56 Å². The molecule has 27 heavy (non-hydrogen) atoms. The summed E-state index contributed by atoms with van der Waals surface area (Å²) in [5.74, 6) is 0.129. The van der Waals surface area contributed by atoms with E-state index in [0.717, 1.165) is 17.3 Å². The maximum atomic E-state index is 13.2. The van der Waals surface area contributed by atoms with Gasteiger partial charge in [-0.15, -0.1) is 0 Å². The van der Waals surface area contributed by atoms with Crippen LogP contribution < -0.4 is 10.3 Å². The molecule has 1 heterocycles. The summed E-state index contributed by atoms with van der Waals surface area (Å²) in [6.07, 6.45) is 0. The Bertz CT molecular complexity index is 1080. The van der Waals surface area contributed by atoms with Crippen molar-refractivity contribution in [1.29, 1.82) is 0 Å². The monoisotopic (exact) mass is 404 g/mol. The van der Waals surface area contributed by atoms with Gasteiger partial charge in [-0.3, -0.25) is 14.2 Å². The second-order valence-corrected chi connectivity index (χ2v) is 7.12. The van der Waals surface area contributed by atoms with Crippen LogP contribution in [0.15, 0.2) is 46.3 Å². The topological polar surface area (TPSA) is 70.4 Å². The van der Waals surface area contributed by atoms with Gasteiger partial charge in [-0.25, -0.2) is 4.98 Å². The Morgan fingerprint density at radius 3 is 2.70 bits per heavy atom. The van der Waals surface area contributed by atoms with Crippen LogP contribution in [0.4, 0.5) is 0 Å². The average molecular weight is 405 g/mol. The van der Waals surface area contributed by atoms with Crippen molar-refractivity contribution in [2.45, 2.75) is 12.1 Å². The van der Waals surface area contributed by atoms with E-state index < -0.39 is 5.97 Å². The summed E-state index contributed by atoms with van der Waals surface area (Å²) in [5, 5.41) is 1.25. The van der Waals surface area contributed by atoms with Crippen LogP contribution in [0.25, 0.3) is 16.6 Å². The van der Waals surface area contributed by atoms with Crippen LogP contribution in [-0.2, 0) is 9.53 Å². The van der Waals surface area contributed by atoms with Crippen molar-refractivity contribution in [3.63, 3.8) is 0 Å². The number of nitrogens with zero attached hydrogens (tertiary/aromatic N) is 2. The number of carbonyl (C=O) groups excluding carboxylic acids is 1. The van der Waals surface area contributed by atoms with Crippen molar-refractivity contribution < 1.29 is 14.3 Å². The molecule has 6 nitrogen and oxygen atoms in total. The molecule has 0 bridgehead atoms. The first-order valence-electron chi connectivity index (χ1n) is 8.01. The lowest BCUT2D eigenvalue weighted by molar-refractivity contribution is -0.137. The molecule has 0 saturated heterocycles. The second-order valence-electron chi connectivity index (χ2n) is 5.74. The molecule has 2 aromatic carbocycles. The van der Waals surface area contributed by atoms with E-state index in [-0.39, 0.29) is 11.3 Å². The van der Waals surface area contributed by atoms with Gasteiger partial charge in [0.15, 0.2) is 5.16 Å². The van der Waals surface area contributed by atoms with E-state index >= 15 is 0 Å². The van der Waals surface area contributed by atoms with E-state index in [4.69, 9.17) is 21.1 Å². The molecule has 3 rings (SSSR count). The molecule has 0 amide bonds. The van der Waals surface area contributed by atoms with E-state index in [1.807, 2.05) is 19.1 Å². The molecule has 0 N–H and O–H groups in total. The summed E-state index contributed by atoms with van der Waals surface area (Å²) in [4.78, 5) is 29.4. The molecule has 0 aliphatic rings. The molecule has 0 atom stereocenters. The van der Waals surface area contributed by atoms with E-state index in [9.17, 15) is 9.59 Å². The number of thioether (sulfide) groups is 1. The fraction of sp³-hybridized carbons (Fsp3) is 0.211. The first kappa shape index (κ1) is 19.3. The van der Waals surface area contributed by atoms with E-state index in [0.29, 0.717) is 32.5 Å². The van der Waals surface area contributed by atoms with Gasteiger partial charge < -0.3 is 9.47 Å². The second kappa shape index (κ2) is 8.02. The fourth-order valence-corrected chi connectivity index (χ4v) is 3.61. The number of benzene rings is 2. The van der Waals surface area contributed by atoms with Crippen molar-refractivity contribution in [3.05, 3.63) is 57.3 Å². The molecule has 0 aliphatic carbocycles. The Labute approximate surface area is 165 Å². The third-order valence-corrected chi connectivity index (χ3v) is 5.07. The number of halogens is 1. The van der Waals surface area contributed by atoms with Gasteiger partial charge in [0, 0.05) is 5.02 Å². The fourth-order valence-electron chi connectivity index (χ4n) is 2.60. The third kappa shape index (κ3) is 3.94. The van der Waals surface area contributed by atoms with Crippen LogP contribution in [-0.4, -0.2) is 35.5 Å². The summed E-state index contributed by atoms with van der Waals surface area (Å²) in [6.45, 7) is 1.92. The lowest BCUT2D eigenvalue weighted by Gasteiger charge is -2.16. The van der Waals surface area contributed by atoms with Gasteiger partial charge in [-0.05, 0) is 42.8 Å². The predicted octanol–water partition coefficient (Wildman–Crippen LogP) is 3.62. The summed E-state index contributed by atoms with van der Waals surface area (Å²) in [5.41, 5.74) is 1.70. The number of fused-ring (bicyclic) bond motifs is 1. The summed E-state index contributed by atoms with van der Waals surface area (Å²) in [6, 6.07) is 10.4. The van der Waals surface area contributed by atoms with Crippen LogP contribution in [0.3, 0.4) is 0 Å². The van der Waals surface area contributed by atoms with Crippen molar-refractivity contribution in [2.24, 2.45) is 0 Å². The molecule has 0 saturated carbocycles. The number of hydrogen-bond acceptors (Lipinski definition) is 6. The minimum atomic E-state index is -0.414. The smallest absolute Gasteiger partial charge is 0.316 e. The van der Waals surface area contributed by atoms with Crippen LogP contribution in [0.2, 0.25) is 5.02 Å². The summed E-state index contributed by atoms with van der Waals surface area (Å²) < 4.78 is 11.6. The van der Waals surface area contributed by atoms with Crippen LogP contribution in [0, 0.1) is 6.92 Å². The number of hydrogen-bond donors (Lipinski definition) is 0. The Hall–Kier alpha value is -2.51. The summed E-state index contributed by atoms with van der Waals surface area (Å²) >= 11 is 7.16. The highest BCUT2D eigenvalue weighted by Gasteiger charge is 2.18. The van der Waals surface area contributed by atoms with E-state index in [2.05, 4.69) is 4.98 Å². The number of esters is 1. The van der Waals surface area contributed by atoms with Gasteiger partial charge in [0.05, 0.1) is 36.6 Å². The van der Waals surface area contributed by atoms with Crippen molar-refractivity contribution in [2.75, 3.05) is 20.0 Å². The normalized spacial score (nSPS) is 10.8. The molecule has 0 fully saturated rings. The zero-order chi connectivity index (χ0) is 19.6. The van der Waals surface area contributed by atoms with Crippen molar-refractivity contribution in [1.82, 2.24) is 9.55 Å². The van der Waals surface area contributed by atoms with Crippen LogP contribution >= 0.6 is 23.4 Å². The Kier molecular flexibility index (Phi) is 5.72. The maximum absolute atomic E-state index is 13.2. The number of methoxy groups -OCH3 is 2. The van der Waals surface area contributed by atoms with Gasteiger partial charge in [-0.1, -0.05) is 29.4 Å². The van der Waals surface area contributed by atoms with Gasteiger partial charge in [-0.2, -0.15) is 0 Å². The van der Waals surface area contributed by atoms with Gasteiger partial charge >= 0.3 is 5.97 Å². The third-order valence-electron chi connectivity index (χ3n) is 3.92. The SMILES string of the molecule is COC(=O)CSc1nc2cc(Cl)ccc2c(=O)n1-c1cc(C)ccc1OC. The van der Waals surface area contributed by atoms with E-state index in [1.54, 1.807) is 24.3 Å². The number of ether oxygens (including phenoxy) is 2. The molecule has 0 radical (unpaired) electrons. The first-order chi connectivity index (χ1) is 12.9. The molecular weight excluding hydrogens is 388 g/mol. The first-order valence-corrected chi connectivity index (χ1v) is 9.38. The maximum Gasteiger partial charge on any atom is 0.316 e. The zero-order valence-electron chi connectivity index (χ0n) is 15.0. The van der Waals surface area contributed by atoms with Crippen molar-refractivity contribution >= 4 is 40.2 Å². The molecule has 140 valence electrons. The van der Waals surface area contributed by atoms with Crippen LogP contribution in [0.1, 0.15) is 5.56 Å². The minimum Gasteiger partial charge on any atom is -0.495 e. The van der Waals surface area contributed by atoms with E-state index in [1.165, 1.54) is 18.8 Å². The zero-order valence-corrected chi connectivity index (χ0v) is 16.6. The largest absolute Gasteiger partial charge is 0.495 e. The standard InChI is InChI=1S/C19H17ClN2O4S/c1-11-4-7-16(25-2)15(8-11)22-18(24)13-6-5-12(20)9-14(13)21-19(22)27-10-17(23)26-3/h4-9H,10H2,1-3H3. The summed E-state index contributed by atoms with van der Waals surface area (Å²) in [7, 11) is 2.85.